The van der Waals surface area contributed by atoms with Crippen LogP contribution in [0.1, 0.15) is 0 Å². The largest absolute Gasteiger partial charge is 0.398 e. The van der Waals surface area contributed by atoms with Crippen LogP contribution in [0.15, 0.2) is 29.2 Å². The number of hydrogen-bond donors (Lipinski definition) is 4. The Morgan fingerprint density at radius 3 is 2.11 bits per heavy atom. The normalized spacial score (nSPS) is 12.6. The average molecular weight is 291 g/mol. The van der Waals surface area contributed by atoms with E-state index in [9.17, 15) is 8.42 Å². The Balaban J connectivity index is 2.90. The van der Waals surface area contributed by atoms with Crippen molar-refractivity contribution in [3.63, 3.8) is 0 Å². The van der Waals surface area contributed by atoms with E-state index in [0.717, 1.165) is 0 Å². The molecule has 0 aliphatic heterocycles. The molecule has 1 rings (SSSR count). The van der Waals surface area contributed by atoms with Gasteiger partial charge in [-0.3, -0.25) is 4.18 Å². The number of benzene rings is 1. The standard InChI is InChI=1S/C11H17NO6S/c12-9-3-1-2-4-10(9)19(16,17)18-8-11(5-13,6-14)7-15/h1-4,13-15H,5-8,12H2. The molecule has 108 valence electrons. The molecule has 0 unspecified atom stereocenters. The summed E-state index contributed by atoms with van der Waals surface area (Å²) >= 11 is 0. The van der Waals surface area contributed by atoms with Gasteiger partial charge in [0.1, 0.15) is 4.90 Å². The van der Waals surface area contributed by atoms with E-state index in [-0.39, 0.29) is 10.6 Å². The lowest BCUT2D eigenvalue weighted by atomic mass is 9.93. The minimum absolute atomic E-state index is 0.0325. The molecule has 0 fully saturated rings. The number of nitrogens with two attached hydrogens (primary N) is 1. The summed E-state index contributed by atoms with van der Waals surface area (Å²) in [5.41, 5.74) is 4.15. The zero-order chi connectivity index (χ0) is 14.5. The summed E-state index contributed by atoms with van der Waals surface area (Å²) in [6.45, 7) is -2.38. The average Bonchev–Trinajstić information content (AvgIpc) is 2.41. The number of nitrogen functional groups attached to an aromatic ring is 1. The summed E-state index contributed by atoms with van der Waals surface area (Å²) in [5, 5.41) is 27.2. The number of anilines is 1. The quantitative estimate of drug-likeness (QED) is 0.372. The molecule has 1 aromatic carbocycles. The summed E-state index contributed by atoms with van der Waals surface area (Å²) in [6.07, 6.45) is 0. The van der Waals surface area contributed by atoms with E-state index in [4.69, 9.17) is 25.2 Å². The van der Waals surface area contributed by atoms with Gasteiger partial charge in [-0.2, -0.15) is 8.42 Å². The molecule has 0 saturated carbocycles. The van der Waals surface area contributed by atoms with Crippen molar-refractivity contribution in [3.05, 3.63) is 24.3 Å². The van der Waals surface area contributed by atoms with Gasteiger partial charge in [-0.15, -0.1) is 0 Å². The van der Waals surface area contributed by atoms with Gasteiger partial charge < -0.3 is 21.1 Å². The van der Waals surface area contributed by atoms with Crippen LogP contribution < -0.4 is 5.73 Å². The second-order valence-electron chi connectivity index (χ2n) is 4.23. The van der Waals surface area contributed by atoms with Crippen LogP contribution in [0.2, 0.25) is 0 Å². The molecule has 0 aliphatic rings. The number of rotatable bonds is 7. The SMILES string of the molecule is Nc1ccccc1S(=O)(=O)OCC(CO)(CO)CO. The van der Waals surface area contributed by atoms with Gasteiger partial charge in [0.05, 0.1) is 37.5 Å². The highest BCUT2D eigenvalue weighted by Crippen LogP contribution is 2.23. The Morgan fingerprint density at radius 1 is 1.11 bits per heavy atom. The van der Waals surface area contributed by atoms with Crippen LogP contribution in [-0.2, 0) is 14.3 Å². The first-order valence-electron chi connectivity index (χ1n) is 5.47. The highest BCUT2D eigenvalue weighted by Gasteiger charge is 2.32. The zero-order valence-corrected chi connectivity index (χ0v) is 11.0. The number of aliphatic hydroxyl groups is 3. The van der Waals surface area contributed by atoms with Crippen molar-refractivity contribution in [1.29, 1.82) is 0 Å². The van der Waals surface area contributed by atoms with Gasteiger partial charge in [0.25, 0.3) is 10.1 Å². The molecule has 0 saturated heterocycles. The first-order valence-corrected chi connectivity index (χ1v) is 6.88. The van der Waals surface area contributed by atoms with Crippen molar-refractivity contribution < 1.29 is 27.9 Å². The van der Waals surface area contributed by atoms with Gasteiger partial charge >= 0.3 is 0 Å². The van der Waals surface area contributed by atoms with Crippen molar-refractivity contribution in [2.75, 3.05) is 32.2 Å². The van der Waals surface area contributed by atoms with E-state index < -0.39 is 42.0 Å². The van der Waals surface area contributed by atoms with E-state index in [1.807, 2.05) is 0 Å². The summed E-state index contributed by atoms with van der Waals surface area (Å²) in [4.78, 5) is -0.197. The van der Waals surface area contributed by atoms with Gasteiger partial charge in [-0.25, -0.2) is 0 Å². The Kier molecular flexibility index (Phi) is 5.27. The number of hydrogen-bond acceptors (Lipinski definition) is 7. The first kappa shape index (κ1) is 15.9. The molecule has 0 bridgehead atoms. The van der Waals surface area contributed by atoms with Crippen LogP contribution in [-0.4, -0.2) is 50.2 Å². The molecule has 19 heavy (non-hydrogen) atoms. The lowest BCUT2D eigenvalue weighted by Crippen LogP contribution is -2.39. The van der Waals surface area contributed by atoms with Crippen LogP contribution in [0, 0.1) is 5.41 Å². The lowest BCUT2D eigenvalue weighted by Gasteiger charge is -2.26. The molecule has 0 radical (unpaired) electrons. The lowest BCUT2D eigenvalue weighted by molar-refractivity contribution is -0.0242. The van der Waals surface area contributed by atoms with Crippen molar-refractivity contribution in [3.8, 4) is 0 Å². The predicted molar refractivity (Wildman–Crippen MR) is 67.7 cm³/mol. The third kappa shape index (κ3) is 3.64. The smallest absolute Gasteiger partial charge is 0.299 e. The molecule has 0 amide bonds. The molecule has 0 atom stereocenters. The fraction of sp³-hybridized carbons (Fsp3) is 0.455. The van der Waals surface area contributed by atoms with E-state index >= 15 is 0 Å². The Bertz CT molecular complexity index is 503. The monoisotopic (exact) mass is 291 g/mol. The topological polar surface area (TPSA) is 130 Å². The predicted octanol–water partition coefficient (Wildman–Crippen LogP) is -1.06. The molecule has 0 spiro atoms. The van der Waals surface area contributed by atoms with Gasteiger partial charge in [-0.1, -0.05) is 12.1 Å². The van der Waals surface area contributed by atoms with Crippen molar-refractivity contribution in [2.24, 2.45) is 5.41 Å². The molecular weight excluding hydrogens is 274 g/mol. The molecule has 0 aliphatic carbocycles. The van der Waals surface area contributed by atoms with Gasteiger partial charge in [0, 0.05) is 0 Å². The van der Waals surface area contributed by atoms with E-state index in [1.165, 1.54) is 18.2 Å². The van der Waals surface area contributed by atoms with Gasteiger partial charge in [0.15, 0.2) is 0 Å². The number of para-hydroxylation sites is 1. The Morgan fingerprint density at radius 2 is 1.63 bits per heavy atom. The van der Waals surface area contributed by atoms with Crippen molar-refractivity contribution in [2.45, 2.75) is 4.90 Å². The highest BCUT2D eigenvalue weighted by atomic mass is 32.2. The maximum Gasteiger partial charge on any atom is 0.299 e. The van der Waals surface area contributed by atoms with Crippen LogP contribution >= 0.6 is 0 Å². The molecular formula is C11H17NO6S. The Hall–Kier alpha value is -1.19. The summed E-state index contributed by atoms with van der Waals surface area (Å²) < 4.78 is 28.5. The molecule has 8 heteroatoms. The fourth-order valence-corrected chi connectivity index (χ4v) is 2.40. The zero-order valence-electron chi connectivity index (χ0n) is 10.2. The second-order valence-corrected chi connectivity index (χ2v) is 5.81. The van der Waals surface area contributed by atoms with Crippen LogP contribution in [0.3, 0.4) is 0 Å². The van der Waals surface area contributed by atoms with Crippen molar-refractivity contribution in [1.82, 2.24) is 0 Å². The molecule has 1 aromatic rings. The Labute approximate surface area is 111 Å². The fourth-order valence-electron chi connectivity index (χ4n) is 1.26. The molecule has 0 aromatic heterocycles. The van der Waals surface area contributed by atoms with Crippen LogP contribution in [0.25, 0.3) is 0 Å². The van der Waals surface area contributed by atoms with Crippen molar-refractivity contribution >= 4 is 15.8 Å². The molecule has 5 N–H and O–H groups in total. The third-order valence-corrected chi connectivity index (χ3v) is 4.05. The van der Waals surface area contributed by atoms with E-state index in [1.54, 1.807) is 6.07 Å². The third-order valence-electron chi connectivity index (χ3n) is 2.71. The minimum atomic E-state index is -4.11. The molecule has 0 heterocycles. The van der Waals surface area contributed by atoms with E-state index in [2.05, 4.69) is 0 Å². The van der Waals surface area contributed by atoms with Gasteiger partial charge in [0.2, 0.25) is 0 Å². The van der Waals surface area contributed by atoms with Gasteiger partial charge in [-0.05, 0) is 12.1 Å². The summed E-state index contributed by atoms with van der Waals surface area (Å²) in [5.74, 6) is 0. The summed E-state index contributed by atoms with van der Waals surface area (Å²) in [6, 6.07) is 5.76. The first-order chi connectivity index (χ1) is 8.90. The summed E-state index contributed by atoms with van der Waals surface area (Å²) in [7, 11) is -4.11. The number of aliphatic hydroxyl groups excluding tert-OH is 3. The van der Waals surface area contributed by atoms with Crippen LogP contribution in [0.4, 0.5) is 5.69 Å². The second kappa shape index (κ2) is 6.31. The highest BCUT2D eigenvalue weighted by molar-refractivity contribution is 7.87. The van der Waals surface area contributed by atoms with E-state index in [0.29, 0.717) is 0 Å². The molecule has 7 nitrogen and oxygen atoms in total. The maximum atomic E-state index is 11.9. The van der Waals surface area contributed by atoms with Crippen LogP contribution in [0.5, 0.6) is 0 Å². The maximum absolute atomic E-state index is 11.9. The minimum Gasteiger partial charge on any atom is -0.398 e.